The maximum Gasteiger partial charge on any atom is 0.266 e. The van der Waals surface area contributed by atoms with Gasteiger partial charge in [0.2, 0.25) is 5.91 Å². The Balaban J connectivity index is 1.91. The van der Waals surface area contributed by atoms with Crippen LogP contribution in [0.5, 0.6) is 0 Å². The Labute approximate surface area is 141 Å². The molecule has 2 aromatic rings. The molecular formula is C19H19NO2S. The summed E-state index contributed by atoms with van der Waals surface area (Å²) < 4.78 is 5.52. The SMILES string of the molecule is CC[C@@H](C(=O)N1C(=S)OC[C@@H]1c1ccccc1)c1ccccc1. The van der Waals surface area contributed by atoms with Crippen LogP contribution in [0.2, 0.25) is 0 Å². The van der Waals surface area contributed by atoms with Crippen LogP contribution in [0, 0.1) is 0 Å². The van der Waals surface area contributed by atoms with Gasteiger partial charge in [-0.05, 0) is 29.8 Å². The van der Waals surface area contributed by atoms with E-state index in [2.05, 4.69) is 0 Å². The van der Waals surface area contributed by atoms with Crippen molar-refractivity contribution in [1.82, 2.24) is 4.90 Å². The molecule has 0 unspecified atom stereocenters. The molecule has 1 aliphatic rings. The van der Waals surface area contributed by atoms with E-state index >= 15 is 0 Å². The molecule has 1 heterocycles. The highest BCUT2D eigenvalue weighted by atomic mass is 32.1. The molecule has 0 aliphatic carbocycles. The molecule has 3 nitrogen and oxygen atoms in total. The summed E-state index contributed by atoms with van der Waals surface area (Å²) >= 11 is 5.29. The summed E-state index contributed by atoms with van der Waals surface area (Å²) in [4.78, 5) is 14.8. The first-order chi connectivity index (χ1) is 11.2. The molecule has 0 radical (unpaired) electrons. The maximum absolute atomic E-state index is 13.1. The van der Waals surface area contributed by atoms with Crippen LogP contribution < -0.4 is 0 Å². The molecular weight excluding hydrogens is 306 g/mol. The average molecular weight is 325 g/mol. The van der Waals surface area contributed by atoms with Crippen molar-refractivity contribution >= 4 is 23.3 Å². The van der Waals surface area contributed by atoms with Gasteiger partial charge in [-0.15, -0.1) is 0 Å². The second kappa shape index (κ2) is 6.92. The number of carbonyl (C=O) groups excluding carboxylic acids is 1. The van der Waals surface area contributed by atoms with E-state index in [0.717, 1.165) is 17.5 Å². The summed E-state index contributed by atoms with van der Waals surface area (Å²) in [5.74, 6) is -0.197. The van der Waals surface area contributed by atoms with Crippen molar-refractivity contribution in [1.29, 1.82) is 0 Å². The topological polar surface area (TPSA) is 29.5 Å². The Morgan fingerprint density at radius 2 is 1.78 bits per heavy atom. The van der Waals surface area contributed by atoms with Gasteiger partial charge in [0.05, 0.1) is 12.0 Å². The van der Waals surface area contributed by atoms with Crippen LogP contribution in [0.4, 0.5) is 0 Å². The number of rotatable bonds is 4. The summed E-state index contributed by atoms with van der Waals surface area (Å²) in [6, 6.07) is 19.6. The minimum absolute atomic E-state index is 0.00931. The van der Waals surface area contributed by atoms with Crippen LogP contribution in [-0.2, 0) is 9.53 Å². The quantitative estimate of drug-likeness (QED) is 0.794. The number of benzene rings is 2. The van der Waals surface area contributed by atoms with Crippen molar-refractivity contribution in [2.45, 2.75) is 25.3 Å². The summed E-state index contributed by atoms with van der Waals surface area (Å²) in [5.41, 5.74) is 2.06. The van der Waals surface area contributed by atoms with Gasteiger partial charge in [0.25, 0.3) is 5.17 Å². The van der Waals surface area contributed by atoms with Crippen LogP contribution in [0.1, 0.15) is 36.4 Å². The molecule has 0 spiro atoms. The van der Waals surface area contributed by atoms with E-state index in [-0.39, 0.29) is 23.0 Å². The second-order valence-electron chi connectivity index (χ2n) is 5.58. The normalized spacial score (nSPS) is 18.6. The Kier molecular flexibility index (Phi) is 4.72. The predicted molar refractivity (Wildman–Crippen MR) is 94.1 cm³/mol. The smallest absolute Gasteiger partial charge is 0.266 e. The highest BCUT2D eigenvalue weighted by Crippen LogP contribution is 2.32. The number of hydrogen-bond acceptors (Lipinski definition) is 3. The Morgan fingerprint density at radius 1 is 1.17 bits per heavy atom. The van der Waals surface area contributed by atoms with E-state index in [9.17, 15) is 4.79 Å². The van der Waals surface area contributed by atoms with Gasteiger partial charge in [0, 0.05) is 0 Å². The zero-order valence-corrected chi connectivity index (χ0v) is 13.8. The van der Waals surface area contributed by atoms with Gasteiger partial charge in [0.15, 0.2) is 0 Å². The van der Waals surface area contributed by atoms with Crippen molar-refractivity contribution in [3.63, 3.8) is 0 Å². The van der Waals surface area contributed by atoms with Crippen molar-refractivity contribution in [2.75, 3.05) is 6.61 Å². The lowest BCUT2D eigenvalue weighted by atomic mass is 9.94. The zero-order valence-electron chi connectivity index (χ0n) is 13.0. The van der Waals surface area contributed by atoms with Gasteiger partial charge in [-0.25, -0.2) is 0 Å². The average Bonchev–Trinajstić information content (AvgIpc) is 2.99. The molecule has 0 aromatic heterocycles. The van der Waals surface area contributed by atoms with E-state index in [1.165, 1.54) is 0 Å². The Hall–Kier alpha value is -2.20. The fourth-order valence-electron chi connectivity index (χ4n) is 2.99. The monoisotopic (exact) mass is 325 g/mol. The first-order valence-electron chi connectivity index (χ1n) is 7.82. The fourth-order valence-corrected chi connectivity index (χ4v) is 3.28. The molecule has 2 aromatic carbocycles. The molecule has 3 rings (SSSR count). The summed E-state index contributed by atoms with van der Waals surface area (Å²) in [5, 5.41) is 0.276. The van der Waals surface area contributed by atoms with E-state index in [4.69, 9.17) is 17.0 Å². The summed E-state index contributed by atoms with van der Waals surface area (Å²) in [6.07, 6.45) is 0.726. The minimum atomic E-state index is -0.206. The predicted octanol–water partition coefficient (Wildman–Crippen LogP) is 4.07. The fraction of sp³-hybridized carbons (Fsp3) is 0.263. The summed E-state index contributed by atoms with van der Waals surface area (Å²) in [6.45, 7) is 2.44. The van der Waals surface area contributed by atoms with Gasteiger partial charge in [0.1, 0.15) is 6.61 Å². The van der Waals surface area contributed by atoms with Crippen molar-refractivity contribution in [3.05, 3.63) is 71.8 Å². The third-order valence-electron chi connectivity index (χ3n) is 4.20. The molecule has 0 bridgehead atoms. The van der Waals surface area contributed by atoms with E-state index < -0.39 is 0 Å². The van der Waals surface area contributed by atoms with Crippen molar-refractivity contribution in [3.8, 4) is 0 Å². The molecule has 23 heavy (non-hydrogen) atoms. The van der Waals surface area contributed by atoms with Crippen LogP contribution in [0.15, 0.2) is 60.7 Å². The van der Waals surface area contributed by atoms with Gasteiger partial charge in [-0.2, -0.15) is 0 Å². The van der Waals surface area contributed by atoms with E-state index in [0.29, 0.717) is 6.61 Å². The first kappa shape index (κ1) is 15.7. The first-order valence-corrected chi connectivity index (χ1v) is 8.23. The molecule has 1 aliphatic heterocycles. The van der Waals surface area contributed by atoms with E-state index in [1.54, 1.807) is 4.90 Å². The zero-order chi connectivity index (χ0) is 16.2. The van der Waals surface area contributed by atoms with Crippen LogP contribution in [0.25, 0.3) is 0 Å². The minimum Gasteiger partial charge on any atom is -0.468 e. The number of carbonyl (C=O) groups is 1. The lowest BCUT2D eigenvalue weighted by Gasteiger charge is -2.26. The number of nitrogens with zero attached hydrogens (tertiary/aromatic N) is 1. The van der Waals surface area contributed by atoms with Crippen LogP contribution in [0.3, 0.4) is 0 Å². The van der Waals surface area contributed by atoms with Gasteiger partial charge in [-0.3, -0.25) is 9.69 Å². The van der Waals surface area contributed by atoms with Crippen molar-refractivity contribution < 1.29 is 9.53 Å². The highest BCUT2D eigenvalue weighted by Gasteiger charge is 2.39. The lowest BCUT2D eigenvalue weighted by Crippen LogP contribution is -2.37. The maximum atomic E-state index is 13.1. The third-order valence-corrected chi connectivity index (χ3v) is 4.52. The van der Waals surface area contributed by atoms with Crippen LogP contribution in [-0.4, -0.2) is 22.6 Å². The van der Waals surface area contributed by atoms with Gasteiger partial charge < -0.3 is 4.74 Å². The lowest BCUT2D eigenvalue weighted by molar-refractivity contribution is -0.130. The molecule has 0 saturated carbocycles. The highest BCUT2D eigenvalue weighted by molar-refractivity contribution is 7.80. The standard InChI is InChI=1S/C19H19NO2S/c1-2-16(14-9-5-3-6-10-14)18(21)20-17(13-22-19(20)23)15-11-7-4-8-12-15/h3-12,16-17H,2,13H2,1H3/t16-,17-/m1/s1. The molecule has 118 valence electrons. The second-order valence-corrected chi connectivity index (χ2v) is 5.93. The van der Waals surface area contributed by atoms with E-state index in [1.807, 2.05) is 67.6 Å². The molecule has 1 saturated heterocycles. The van der Waals surface area contributed by atoms with Gasteiger partial charge in [-0.1, -0.05) is 67.6 Å². The Bertz CT molecular complexity index is 687. The van der Waals surface area contributed by atoms with Gasteiger partial charge >= 0.3 is 0 Å². The Morgan fingerprint density at radius 3 is 2.39 bits per heavy atom. The largest absolute Gasteiger partial charge is 0.468 e. The number of ether oxygens (including phenoxy) is 1. The molecule has 1 fully saturated rings. The van der Waals surface area contributed by atoms with Crippen LogP contribution >= 0.6 is 12.2 Å². The number of hydrogen-bond donors (Lipinski definition) is 0. The third kappa shape index (κ3) is 3.13. The number of amides is 1. The summed E-state index contributed by atoms with van der Waals surface area (Å²) in [7, 11) is 0. The molecule has 2 atom stereocenters. The molecule has 0 N–H and O–H groups in total. The molecule has 1 amide bonds. The van der Waals surface area contributed by atoms with Crippen molar-refractivity contribution in [2.24, 2.45) is 0 Å². The molecule has 4 heteroatoms. The number of thiocarbonyl (C=S) groups is 1.